The summed E-state index contributed by atoms with van der Waals surface area (Å²) in [5.41, 5.74) is 3.44. The molecule has 222 valence electrons. The van der Waals surface area contributed by atoms with E-state index in [-0.39, 0.29) is 24.5 Å². The molecule has 0 atom stereocenters. The third-order valence-corrected chi connectivity index (χ3v) is 9.86. The van der Waals surface area contributed by atoms with Crippen LogP contribution in [0.2, 0.25) is 0 Å². The van der Waals surface area contributed by atoms with E-state index in [9.17, 15) is 9.90 Å². The number of amides is 1. The standard InChI is InChI=1S/C30H30N6O4S3/c1-5-24-35-36-12-22(34-29(36)42-24)28-33-21-10-20(39-4)11-23(25(21)43-28)40-13-19-14-41-27(32-19)18-8-6-17(7-9-18)26(38)31-15-30(2,3)16-37/h6-12,14,37H,5,13,15-16H2,1-4H3,(H,31,38). The highest BCUT2D eigenvalue weighted by atomic mass is 32.1. The van der Waals surface area contributed by atoms with Crippen LogP contribution in [0.5, 0.6) is 11.5 Å². The van der Waals surface area contributed by atoms with Gasteiger partial charge in [-0.3, -0.25) is 4.79 Å². The Morgan fingerprint density at radius 3 is 2.63 bits per heavy atom. The number of thiazole rings is 2. The SMILES string of the molecule is CCc1nn2cc(-c3nc4cc(OC)cc(OCc5csc(-c6ccc(C(=O)NCC(C)(C)CO)cc6)n5)c4s3)nc2s1. The molecular weight excluding hydrogens is 605 g/mol. The zero-order valence-corrected chi connectivity index (χ0v) is 26.5. The van der Waals surface area contributed by atoms with Gasteiger partial charge < -0.3 is 19.9 Å². The second kappa shape index (κ2) is 12.0. The molecule has 0 radical (unpaired) electrons. The van der Waals surface area contributed by atoms with Crippen LogP contribution in [0.4, 0.5) is 0 Å². The van der Waals surface area contributed by atoms with Crippen LogP contribution in [0.1, 0.15) is 41.8 Å². The van der Waals surface area contributed by atoms with E-state index < -0.39 is 0 Å². The van der Waals surface area contributed by atoms with E-state index in [1.54, 1.807) is 30.6 Å². The minimum absolute atomic E-state index is 0.00170. The molecule has 0 spiro atoms. The number of imidazole rings is 1. The molecule has 0 saturated carbocycles. The van der Waals surface area contributed by atoms with Crippen molar-refractivity contribution in [2.24, 2.45) is 5.41 Å². The summed E-state index contributed by atoms with van der Waals surface area (Å²) in [7, 11) is 1.62. The maximum Gasteiger partial charge on any atom is 0.251 e. The van der Waals surface area contributed by atoms with E-state index in [4.69, 9.17) is 24.4 Å². The lowest BCUT2D eigenvalue weighted by Gasteiger charge is -2.21. The summed E-state index contributed by atoms with van der Waals surface area (Å²) in [6, 6.07) is 11.1. The van der Waals surface area contributed by atoms with Crippen molar-refractivity contribution in [3.8, 4) is 32.8 Å². The van der Waals surface area contributed by atoms with Gasteiger partial charge in [0.2, 0.25) is 4.96 Å². The number of carbonyl (C=O) groups excluding carboxylic acids is 1. The number of nitrogens with one attached hydrogen (secondary N) is 1. The Labute approximate surface area is 260 Å². The number of aromatic nitrogens is 5. The molecular formula is C30H30N6O4S3. The first-order valence-corrected chi connectivity index (χ1v) is 16.2. The molecule has 4 aromatic heterocycles. The molecule has 0 aliphatic rings. The van der Waals surface area contributed by atoms with E-state index in [2.05, 4.69) is 17.3 Å². The number of carbonyl (C=O) groups is 1. The number of aliphatic hydroxyl groups is 1. The van der Waals surface area contributed by atoms with Crippen molar-refractivity contribution in [3.63, 3.8) is 0 Å². The van der Waals surface area contributed by atoms with Gasteiger partial charge in [0.05, 0.1) is 29.2 Å². The molecule has 10 nitrogen and oxygen atoms in total. The summed E-state index contributed by atoms with van der Waals surface area (Å²) in [4.78, 5) is 27.7. The first-order chi connectivity index (χ1) is 20.7. The molecule has 2 N–H and O–H groups in total. The van der Waals surface area contributed by atoms with Crippen LogP contribution >= 0.6 is 34.0 Å². The summed E-state index contributed by atoms with van der Waals surface area (Å²) in [6.07, 6.45) is 2.79. The van der Waals surface area contributed by atoms with Gasteiger partial charge in [0.1, 0.15) is 38.8 Å². The maximum absolute atomic E-state index is 12.5. The van der Waals surface area contributed by atoms with Crippen LogP contribution < -0.4 is 14.8 Å². The number of methoxy groups -OCH3 is 1. The number of nitrogens with zero attached hydrogens (tertiary/aromatic N) is 5. The van der Waals surface area contributed by atoms with Crippen LogP contribution in [-0.2, 0) is 13.0 Å². The van der Waals surface area contributed by atoms with Crippen molar-refractivity contribution >= 4 is 55.1 Å². The molecule has 0 unspecified atom stereocenters. The quantitative estimate of drug-likeness (QED) is 0.176. The van der Waals surface area contributed by atoms with Gasteiger partial charge in [0.25, 0.3) is 5.91 Å². The smallest absolute Gasteiger partial charge is 0.251 e. The molecule has 0 saturated heterocycles. The van der Waals surface area contributed by atoms with Gasteiger partial charge >= 0.3 is 0 Å². The van der Waals surface area contributed by atoms with E-state index in [0.717, 1.165) is 53.6 Å². The number of benzene rings is 2. The van der Waals surface area contributed by atoms with E-state index in [0.29, 0.717) is 23.6 Å². The number of aryl methyl sites for hydroxylation is 1. The van der Waals surface area contributed by atoms with Gasteiger partial charge in [-0.05, 0) is 18.6 Å². The minimum atomic E-state index is -0.373. The van der Waals surface area contributed by atoms with Crippen LogP contribution in [-0.4, -0.2) is 55.8 Å². The maximum atomic E-state index is 12.5. The Morgan fingerprint density at radius 1 is 1.09 bits per heavy atom. The molecule has 1 amide bonds. The van der Waals surface area contributed by atoms with Crippen molar-refractivity contribution in [3.05, 3.63) is 64.2 Å². The number of aliphatic hydroxyl groups excluding tert-OH is 1. The van der Waals surface area contributed by atoms with Gasteiger partial charge in [0, 0.05) is 47.2 Å². The summed E-state index contributed by atoms with van der Waals surface area (Å²) in [6.45, 7) is 6.54. The molecule has 6 aromatic rings. The van der Waals surface area contributed by atoms with Gasteiger partial charge in [-0.15, -0.1) is 22.7 Å². The Kier molecular flexibility index (Phi) is 8.14. The predicted octanol–water partition coefficient (Wildman–Crippen LogP) is 6.09. The summed E-state index contributed by atoms with van der Waals surface area (Å²) >= 11 is 4.62. The topological polar surface area (TPSA) is 124 Å². The highest BCUT2D eigenvalue weighted by Gasteiger charge is 2.19. The number of hydrogen-bond acceptors (Lipinski definition) is 11. The summed E-state index contributed by atoms with van der Waals surface area (Å²) < 4.78 is 14.5. The Morgan fingerprint density at radius 2 is 1.91 bits per heavy atom. The van der Waals surface area contributed by atoms with Gasteiger partial charge in [-0.2, -0.15) is 5.10 Å². The highest BCUT2D eigenvalue weighted by molar-refractivity contribution is 7.22. The first-order valence-electron chi connectivity index (χ1n) is 13.7. The average Bonchev–Trinajstić information content (AvgIpc) is 3.81. The predicted molar refractivity (Wildman–Crippen MR) is 170 cm³/mol. The monoisotopic (exact) mass is 634 g/mol. The third-order valence-electron chi connectivity index (χ3n) is 6.75. The van der Waals surface area contributed by atoms with Crippen LogP contribution in [0.25, 0.3) is 36.5 Å². The van der Waals surface area contributed by atoms with E-state index in [1.165, 1.54) is 22.7 Å². The molecule has 2 aromatic carbocycles. The number of hydrogen-bond donors (Lipinski definition) is 2. The largest absolute Gasteiger partial charge is 0.497 e. The normalized spacial score (nSPS) is 11.8. The molecule has 13 heteroatoms. The van der Waals surface area contributed by atoms with Crippen molar-refractivity contribution in [2.75, 3.05) is 20.3 Å². The Balaban J connectivity index is 1.16. The molecule has 0 bridgehead atoms. The second-order valence-electron chi connectivity index (χ2n) is 10.7. The van der Waals surface area contributed by atoms with Crippen molar-refractivity contribution in [2.45, 2.75) is 33.8 Å². The van der Waals surface area contributed by atoms with Crippen molar-refractivity contribution in [1.82, 2.24) is 29.9 Å². The van der Waals surface area contributed by atoms with Crippen LogP contribution in [0, 0.1) is 5.41 Å². The minimum Gasteiger partial charge on any atom is -0.497 e. The molecule has 0 fully saturated rings. The van der Waals surface area contributed by atoms with Crippen molar-refractivity contribution < 1.29 is 19.4 Å². The number of fused-ring (bicyclic) bond motifs is 2. The fourth-order valence-corrected chi connectivity index (χ4v) is 6.79. The molecule has 4 heterocycles. The summed E-state index contributed by atoms with van der Waals surface area (Å²) in [5.74, 6) is 1.15. The first kappa shape index (κ1) is 29.2. The molecule has 6 rings (SSSR count). The molecule has 0 aliphatic carbocycles. The van der Waals surface area contributed by atoms with E-state index in [1.807, 2.05) is 54.2 Å². The van der Waals surface area contributed by atoms with Crippen LogP contribution in [0.15, 0.2) is 48.0 Å². The number of ether oxygens (including phenoxy) is 2. The lowest BCUT2D eigenvalue weighted by molar-refractivity contribution is 0.0911. The van der Waals surface area contributed by atoms with Crippen molar-refractivity contribution in [1.29, 1.82) is 0 Å². The fraction of sp³-hybridized carbons (Fsp3) is 0.300. The zero-order valence-electron chi connectivity index (χ0n) is 24.1. The summed E-state index contributed by atoms with van der Waals surface area (Å²) in [5, 5.41) is 21.5. The Bertz CT molecular complexity index is 1870. The number of rotatable bonds is 11. The van der Waals surface area contributed by atoms with Crippen LogP contribution in [0.3, 0.4) is 0 Å². The lowest BCUT2D eigenvalue weighted by atomic mass is 9.95. The Hall–Kier alpha value is -3.91. The molecule has 0 aliphatic heterocycles. The zero-order chi connectivity index (χ0) is 30.1. The third kappa shape index (κ3) is 6.25. The van der Waals surface area contributed by atoms with Gasteiger partial charge in [-0.1, -0.05) is 44.2 Å². The second-order valence-corrected chi connectivity index (χ2v) is 13.6. The van der Waals surface area contributed by atoms with Gasteiger partial charge in [0.15, 0.2) is 0 Å². The average molecular weight is 635 g/mol. The highest BCUT2D eigenvalue weighted by Crippen LogP contribution is 2.39. The lowest BCUT2D eigenvalue weighted by Crippen LogP contribution is -2.36. The fourth-order valence-electron chi connectivity index (χ4n) is 4.20. The molecule has 43 heavy (non-hydrogen) atoms. The van der Waals surface area contributed by atoms with E-state index >= 15 is 0 Å². The van der Waals surface area contributed by atoms with Gasteiger partial charge in [-0.25, -0.2) is 19.5 Å².